The summed E-state index contributed by atoms with van der Waals surface area (Å²) in [6, 6.07) is 29.2. The summed E-state index contributed by atoms with van der Waals surface area (Å²) in [4.78, 5) is 216. The quantitative estimate of drug-likeness (QED) is 0.00945. The summed E-state index contributed by atoms with van der Waals surface area (Å²) in [5, 5.41) is 61.4. The zero-order chi connectivity index (χ0) is 86.7. The van der Waals surface area contributed by atoms with Crippen molar-refractivity contribution in [2.75, 3.05) is 19.7 Å². The number of aliphatic carboxylic acids is 1. The van der Waals surface area contributed by atoms with Gasteiger partial charge in [-0.3, -0.25) is 68.3 Å². The number of carboxylic acids is 1. The Kier molecular flexibility index (Phi) is 27.5. The highest BCUT2D eigenvalue weighted by Gasteiger charge is 2.78. The van der Waals surface area contributed by atoms with Crippen LogP contribution in [0.4, 0.5) is 4.79 Å². The number of hydrogen-bond donors (Lipinski definition) is 12. The Balaban J connectivity index is 0.855. The van der Waals surface area contributed by atoms with Gasteiger partial charge in [-0.2, -0.15) is 0 Å². The zero-order valence-corrected chi connectivity index (χ0v) is 66.8. The van der Waals surface area contributed by atoms with E-state index < -0.39 is 229 Å². The molecular weight excluding hydrogens is 1560 g/mol. The van der Waals surface area contributed by atoms with Gasteiger partial charge in [-0.25, -0.2) is 14.4 Å². The molecule has 6 fully saturated rings. The van der Waals surface area contributed by atoms with Gasteiger partial charge in [-0.1, -0.05) is 135 Å². The number of nitrogens with two attached hydrogens (primary N) is 1. The minimum Gasteiger partial charge on any atom is -0.481 e. The lowest BCUT2D eigenvalue weighted by molar-refractivity contribution is -0.346. The maximum Gasteiger partial charge on any atom is 0.350 e. The van der Waals surface area contributed by atoms with Gasteiger partial charge < -0.3 is 91.2 Å². The first-order valence-electron chi connectivity index (χ1n) is 39.2. The lowest BCUT2D eigenvalue weighted by atomic mass is 9.44. The van der Waals surface area contributed by atoms with Crippen molar-refractivity contribution in [2.45, 2.75) is 197 Å². The van der Waals surface area contributed by atoms with Gasteiger partial charge in [-0.15, -0.1) is 0 Å². The number of guanidine groups is 1. The predicted octanol–water partition coefficient (Wildman–Crippen LogP) is 2.82. The highest BCUT2D eigenvalue weighted by atomic mass is 16.6. The number of benzene rings is 5. The predicted molar refractivity (Wildman–Crippen MR) is 420 cm³/mol. The SMILES string of the molecule is CC(=O)O[C@H]1C(=O)[C@@]2(C)C([C@H](OC(=O)c3ccccc3)[C@]3(O)C[C@H](OC(=O)[C@H](OC(=O)CCC(=O)NCc4ccc(CN5C(=O)[C@H]6CCC(=O)N[C@H](CCCNC(=N)N)C(=O)NC(=O)N[C@H](CC(=O)O)C(=O)NC[C@H]5C(=O)N6Cc5ccccc5)cc4)[C@@H](NC(=O)c4ccccc4)c4ccccc4)C(C)=C1C3(C)C)[C@]1(OC(C)=O)CO[C@@H]1C[C@@H]2O. The third kappa shape index (κ3) is 19.3. The Morgan fingerprint density at radius 1 is 0.708 bits per heavy atom. The number of carbonyl (C=O) groups excluding carboxylic acids is 14. The van der Waals surface area contributed by atoms with Crippen molar-refractivity contribution in [1.82, 2.24) is 47.0 Å². The van der Waals surface area contributed by atoms with Gasteiger partial charge in [0.15, 0.2) is 23.4 Å². The van der Waals surface area contributed by atoms with E-state index in [1.54, 1.807) is 109 Å². The van der Waals surface area contributed by atoms with Crippen LogP contribution in [0.1, 0.15) is 148 Å². The van der Waals surface area contributed by atoms with Crippen LogP contribution in [0.15, 0.2) is 157 Å². The molecule has 0 spiro atoms. The second-order valence-corrected chi connectivity index (χ2v) is 31.4. The van der Waals surface area contributed by atoms with Crippen molar-refractivity contribution in [1.29, 1.82) is 5.41 Å². The topological polar surface area (TPSA) is 513 Å². The van der Waals surface area contributed by atoms with Crippen LogP contribution in [0.25, 0.3) is 0 Å². The third-order valence-corrected chi connectivity index (χ3v) is 23.2. The Labute approximate surface area is 689 Å². The summed E-state index contributed by atoms with van der Waals surface area (Å²) in [5.74, 6) is -15.7. The largest absolute Gasteiger partial charge is 0.481 e. The molecule has 0 radical (unpaired) electrons. The Hall–Kier alpha value is -12.8. The van der Waals surface area contributed by atoms with Crippen molar-refractivity contribution in [2.24, 2.45) is 22.5 Å². The van der Waals surface area contributed by atoms with Crippen LogP contribution in [-0.4, -0.2) is 212 Å². The molecular formula is C85H97N11O24. The summed E-state index contributed by atoms with van der Waals surface area (Å²) in [6.45, 7) is 6.34. The van der Waals surface area contributed by atoms with Crippen molar-refractivity contribution in [3.05, 3.63) is 190 Å². The van der Waals surface area contributed by atoms with Gasteiger partial charge in [0.25, 0.3) is 11.8 Å². The molecule has 4 heterocycles. The van der Waals surface area contributed by atoms with E-state index in [4.69, 9.17) is 39.6 Å². The summed E-state index contributed by atoms with van der Waals surface area (Å²) < 4.78 is 37.2. The van der Waals surface area contributed by atoms with E-state index in [-0.39, 0.29) is 85.7 Å². The molecule has 9 amide bonds. The highest BCUT2D eigenvalue weighted by molar-refractivity contribution is 6.02. The Morgan fingerprint density at radius 3 is 1.92 bits per heavy atom. The molecule has 636 valence electrons. The number of nitrogens with zero attached hydrogens (tertiary/aromatic N) is 2. The van der Waals surface area contributed by atoms with E-state index in [1.165, 1.54) is 73.9 Å². The number of hydrogen-bond acceptors (Lipinski definition) is 24. The number of aliphatic hydroxyl groups excluding tert-OH is 1. The average Bonchev–Trinajstić information content (AvgIpc) is 0.667. The molecule has 12 rings (SSSR count). The molecule has 4 bridgehead atoms. The number of aliphatic hydroxyl groups is 2. The number of ether oxygens (including phenoxy) is 6. The first-order chi connectivity index (χ1) is 57.0. The minimum absolute atomic E-state index is 0.0197. The highest BCUT2D eigenvalue weighted by Crippen LogP contribution is 2.64. The lowest BCUT2D eigenvalue weighted by Crippen LogP contribution is -2.82. The molecule has 35 heteroatoms. The fourth-order valence-corrected chi connectivity index (χ4v) is 17.0. The van der Waals surface area contributed by atoms with Gasteiger partial charge in [0.1, 0.15) is 54.1 Å². The maximum absolute atomic E-state index is 16.0. The van der Waals surface area contributed by atoms with Gasteiger partial charge in [0, 0.05) is 83.2 Å². The van der Waals surface area contributed by atoms with Crippen LogP contribution < -0.4 is 43.0 Å². The first kappa shape index (κ1) is 88.1. The Morgan fingerprint density at radius 2 is 1.31 bits per heavy atom. The maximum atomic E-state index is 16.0. The first-order valence-corrected chi connectivity index (χ1v) is 39.2. The van der Waals surface area contributed by atoms with Gasteiger partial charge in [0.05, 0.1) is 42.4 Å². The van der Waals surface area contributed by atoms with Crippen molar-refractivity contribution in [3.8, 4) is 0 Å². The van der Waals surface area contributed by atoms with Crippen molar-refractivity contribution in [3.63, 3.8) is 0 Å². The monoisotopic (exact) mass is 1660 g/mol. The standard InChI is InChI=1S/C85H97N11O24/c1-46-59(40-85(114)72(119-78(111)54-26-17-10-18-27-54)70-83(6,60(99)39-61-84(70,45-115-61)120-48(3)98)71(105)68(116-47(2)97)66(46)82(85,4)5)117-79(112)69(67(52-22-13-8-14-23-52)93-73(106)53-24-15-9-16-25-53)118-65(104)36-35-62(100)89-41-49-29-31-51(32-30-49)44-96-58-42-90-74(107)56(38-64(102)103)92-81(113)94-75(108)55(28-19-37-88-80(86)87)91-63(101)34-33-57(76(96)109)95(77(58)110)43-50-20-11-7-12-21-50/h7-18,20-27,29-32,55-61,67-70,72,99,114H,19,28,33-45H2,1-6H3,(H,89,100)(H,90,107)(H,91,101)(H,93,106)(H,102,103)(H4,86,87,88)(H2,92,94,108,113)/t55-,56-,57-,58+,59+,60+,61-,67+,68-,69-,70?,72+,83-,84+,85-/m1/s1. The van der Waals surface area contributed by atoms with Crippen LogP contribution in [-0.2, 0) is 106 Å². The fraction of sp³-hybridized carbons (Fsp3) is 0.435. The molecule has 120 heavy (non-hydrogen) atoms. The number of nitrogens with one attached hydrogen (secondary N) is 8. The number of carboxylic acid groups (broad SMARTS) is 1. The number of ketones is 1. The van der Waals surface area contributed by atoms with E-state index in [9.17, 15) is 68.1 Å². The molecule has 4 aliphatic heterocycles. The molecule has 4 saturated heterocycles. The minimum atomic E-state index is -2.60. The number of Topliss-reactive ketones (excluding diaryl/α,β-unsaturated/α-hetero) is 1. The van der Waals surface area contributed by atoms with Crippen molar-refractivity contribution < 1.29 is 116 Å². The summed E-state index contributed by atoms with van der Waals surface area (Å²) in [7, 11) is 0. The van der Waals surface area contributed by atoms with Crippen molar-refractivity contribution >= 4 is 94.9 Å². The number of imide groups is 1. The van der Waals surface area contributed by atoms with Gasteiger partial charge in [-0.05, 0) is 90.8 Å². The van der Waals surface area contributed by atoms with Crippen LogP contribution in [0.3, 0.4) is 0 Å². The van der Waals surface area contributed by atoms with Gasteiger partial charge >= 0.3 is 41.8 Å². The molecule has 5 aromatic rings. The van der Waals surface area contributed by atoms with Gasteiger partial charge in [0.2, 0.25) is 35.6 Å². The summed E-state index contributed by atoms with van der Waals surface area (Å²) in [5.41, 5.74) is -1.54. The normalized spacial score (nSPS) is 26.5. The van der Waals surface area contributed by atoms with E-state index in [2.05, 4.69) is 31.9 Å². The van der Waals surface area contributed by atoms with E-state index in [1.807, 2.05) is 5.32 Å². The average molecular weight is 1660 g/mol. The molecule has 5 aromatic carbocycles. The molecule has 1 unspecified atom stereocenters. The Bertz CT molecular complexity index is 4810. The fourth-order valence-electron chi connectivity index (χ4n) is 17.0. The third-order valence-electron chi connectivity index (χ3n) is 23.2. The van der Waals surface area contributed by atoms with Crippen LogP contribution in [0, 0.1) is 22.2 Å². The number of esters is 5. The van der Waals surface area contributed by atoms with E-state index >= 15 is 19.2 Å². The molecule has 13 N–H and O–H groups in total. The number of amides is 9. The molecule has 3 aliphatic carbocycles. The number of piperazine rings is 1. The molecule has 2 saturated carbocycles. The molecule has 7 aliphatic rings. The number of rotatable bonds is 26. The molecule has 35 nitrogen and oxygen atoms in total. The number of fused-ring (bicyclic) bond motifs is 19. The van der Waals surface area contributed by atoms with Crippen LogP contribution >= 0.6 is 0 Å². The van der Waals surface area contributed by atoms with E-state index in [0.717, 1.165) is 13.8 Å². The molecule has 15 atom stereocenters. The number of urea groups is 1. The smallest absolute Gasteiger partial charge is 0.350 e. The second kappa shape index (κ2) is 37.5. The van der Waals surface area contributed by atoms with Crippen LogP contribution in [0.2, 0.25) is 0 Å². The molecule has 0 aromatic heterocycles. The zero-order valence-electron chi connectivity index (χ0n) is 66.8. The second-order valence-electron chi connectivity index (χ2n) is 31.4. The summed E-state index contributed by atoms with van der Waals surface area (Å²) >= 11 is 0. The number of carbonyl (C=O) groups is 15. The van der Waals surface area contributed by atoms with E-state index in [0.29, 0.717) is 16.7 Å². The van der Waals surface area contributed by atoms with Crippen LogP contribution in [0.5, 0.6) is 0 Å². The summed E-state index contributed by atoms with van der Waals surface area (Å²) in [6.07, 6.45) is -14.8. The lowest BCUT2D eigenvalue weighted by Gasteiger charge is -2.67.